The van der Waals surface area contributed by atoms with Crippen molar-refractivity contribution in [2.75, 3.05) is 18.9 Å². The number of sulfonamides is 1. The van der Waals surface area contributed by atoms with Crippen LogP contribution in [0.1, 0.15) is 32.1 Å². The monoisotopic (exact) mass is 274 g/mol. The average molecular weight is 274 g/mol. The molecule has 5 nitrogen and oxygen atoms in total. The highest BCUT2D eigenvalue weighted by molar-refractivity contribution is 7.89. The minimum atomic E-state index is -3.16. The van der Waals surface area contributed by atoms with Crippen LogP contribution in [0.5, 0.6) is 0 Å². The summed E-state index contributed by atoms with van der Waals surface area (Å²) in [5, 5.41) is 3.23. The Morgan fingerprint density at radius 2 is 1.89 bits per heavy atom. The van der Waals surface area contributed by atoms with Crippen LogP contribution in [0.25, 0.3) is 0 Å². The Morgan fingerprint density at radius 3 is 2.56 bits per heavy atom. The van der Waals surface area contributed by atoms with Gasteiger partial charge in [-0.15, -0.1) is 0 Å². The first-order chi connectivity index (χ1) is 8.64. The van der Waals surface area contributed by atoms with Gasteiger partial charge in [0, 0.05) is 19.2 Å². The molecule has 1 saturated heterocycles. The van der Waals surface area contributed by atoms with E-state index in [1.807, 2.05) is 0 Å². The van der Waals surface area contributed by atoms with E-state index in [2.05, 4.69) is 10.0 Å². The minimum absolute atomic E-state index is 0.00317. The van der Waals surface area contributed by atoms with Crippen LogP contribution >= 0.6 is 0 Å². The maximum absolute atomic E-state index is 12.0. The molecule has 2 saturated carbocycles. The number of rotatable bonds is 7. The van der Waals surface area contributed by atoms with Crippen molar-refractivity contribution in [3.8, 4) is 0 Å². The van der Waals surface area contributed by atoms with E-state index in [1.165, 1.54) is 25.7 Å². The first kappa shape index (κ1) is 12.8. The molecule has 2 unspecified atom stereocenters. The van der Waals surface area contributed by atoms with Gasteiger partial charge in [-0.1, -0.05) is 0 Å². The summed E-state index contributed by atoms with van der Waals surface area (Å²) in [5.41, 5.74) is 0. The molecular weight excluding hydrogens is 252 g/mol. The molecule has 2 atom stereocenters. The lowest BCUT2D eigenvalue weighted by Crippen LogP contribution is -2.43. The van der Waals surface area contributed by atoms with Crippen LogP contribution in [0, 0.1) is 5.92 Å². The van der Waals surface area contributed by atoms with Gasteiger partial charge in [0.05, 0.1) is 17.9 Å². The van der Waals surface area contributed by atoms with Gasteiger partial charge in [-0.2, -0.15) is 0 Å². The predicted molar refractivity (Wildman–Crippen MR) is 68.8 cm³/mol. The van der Waals surface area contributed by atoms with Gasteiger partial charge < -0.3 is 10.1 Å². The second-order valence-electron chi connectivity index (χ2n) is 5.73. The van der Waals surface area contributed by atoms with Gasteiger partial charge in [-0.3, -0.25) is 0 Å². The van der Waals surface area contributed by atoms with Gasteiger partial charge in [0.25, 0.3) is 0 Å². The lowest BCUT2D eigenvalue weighted by atomic mass is 10.1. The molecule has 6 heteroatoms. The summed E-state index contributed by atoms with van der Waals surface area (Å²) in [5.74, 6) is 0.766. The summed E-state index contributed by atoms with van der Waals surface area (Å²) < 4.78 is 32.4. The van der Waals surface area contributed by atoms with Crippen molar-refractivity contribution >= 4 is 10.0 Å². The first-order valence-electron chi connectivity index (χ1n) is 6.99. The normalized spacial score (nSPS) is 32.9. The lowest BCUT2D eigenvalue weighted by molar-refractivity contribution is 0.0848. The Bertz CT molecular complexity index is 390. The molecule has 18 heavy (non-hydrogen) atoms. The van der Waals surface area contributed by atoms with E-state index in [4.69, 9.17) is 4.74 Å². The van der Waals surface area contributed by atoms with Crippen molar-refractivity contribution in [1.82, 2.24) is 10.0 Å². The van der Waals surface area contributed by atoms with Crippen LogP contribution in [0.4, 0.5) is 0 Å². The average Bonchev–Trinajstić information content (AvgIpc) is 3.20. The maximum atomic E-state index is 12.0. The van der Waals surface area contributed by atoms with E-state index < -0.39 is 10.0 Å². The number of nitrogens with one attached hydrogen (secondary N) is 2. The van der Waals surface area contributed by atoms with Gasteiger partial charge >= 0.3 is 0 Å². The zero-order valence-electron chi connectivity index (χ0n) is 10.6. The molecule has 0 aromatic rings. The maximum Gasteiger partial charge on any atom is 0.213 e. The SMILES string of the molecule is O=S(=O)(CCNC1CC1)NC1CCOC1C1CC1. The zero-order chi connectivity index (χ0) is 12.6. The molecule has 1 aliphatic heterocycles. The Labute approximate surface area is 109 Å². The van der Waals surface area contributed by atoms with Crippen LogP contribution in [0.3, 0.4) is 0 Å². The molecule has 3 rings (SSSR count). The van der Waals surface area contributed by atoms with E-state index in [-0.39, 0.29) is 17.9 Å². The molecule has 2 aliphatic carbocycles. The topological polar surface area (TPSA) is 67.4 Å². The summed E-state index contributed by atoms with van der Waals surface area (Å²) in [4.78, 5) is 0. The van der Waals surface area contributed by atoms with E-state index in [1.54, 1.807) is 0 Å². The number of hydrogen-bond acceptors (Lipinski definition) is 4. The Morgan fingerprint density at radius 1 is 1.11 bits per heavy atom. The fourth-order valence-corrected chi connectivity index (χ4v) is 3.82. The molecule has 104 valence electrons. The quantitative estimate of drug-likeness (QED) is 0.697. The zero-order valence-corrected chi connectivity index (χ0v) is 11.4. The molecule has 3 fully saturated rings. The summed E-state index contributed by atoms with van der Waals surface area (Å²) in [6, 6.07) is 0.567. The van der Waals surface area contributed by atoms with Gasteiger partial charge in [-0.25, -0.2) is 13.1 Å². The number of ether oxygens (including phenoxy) is 1. The smallest absolute Gasteiger partial charge is 0.213 e. The van der Waals surface area contributed by atoms with Gasteiger partial charge in [0.2, 0.25) is 10.0 Å². The number of hydrogen-bond donors (Lipinski definition) is 2. The molecule has 0 aromatic heterocycles. The third-order valence-corrected chi connectivity index (χ3v) is 5.34. The van der Waals surface area contributed by atoms with Crippen molar-refractivity contribution in [1.29, 1.82) is 0 Å². The first-order valence-corrected chi connectivity index (χ1v) is 8.64. The van der Waals surface area contributed by atoms with Crippen LogP contribution in [-0.2, 0) is 14.8 Å². The molecular formula is C12H22N2O3S. The summed E-state index contributed by atoms with van der Waals surface area (Å²) >= 11 is 0. The Hall–Kier alpha value is -0.170. The highest BCUT2D eigenvalue weighted by Gasteiger charge is 2.41. The molecule has 0 spiro atoms. The fourth-order valence-electron chi connectivity index (χ4n) is 2.60. The van der Waals surface area contributed by atoms with Crippen molar-refractivity contribution < 1.29 is 13.2 Å². The van der Waals surface area contributed by atoms with E-state index in [0.29, 0.717) is 25.1 Å². The third-order valence-electron chi connectivity index (χ3n) is 3.93. The summed E-state index contributed by atoms with van der Waals surface area (Å²) in [6.45, 7) is 1.25. The van der Waals surface area contributed by atoms with Gasteiger partial charge in [-0.05, 0) is 38.0 Å². The van der Waals surface area contributed by atoms with Gasteiger partial charge in [0.15, 0.2) is 0 Å². The Kier molecular flexibility index (Phi) is 3.62. The largest absolute Gasteiger partial charge is 0.376 e. The molecule has 0 bridgehead atoms. The van der Waals surface area contributed by atoms with Crippen molar-refractivity contribution in [2.24, 2.45) is 5.92 Å². The highest BCUT2D eigenvalue weighted by Crippen LogP contribution is 2.38. The highest BCUT2D eigenvalue weighted by atomic mass is 32.2. The predicted octanol–water partition coefficient (Wildman–Crippen LogP) is 0.225. The molecule has 1 heterocycles. The van der Waals surface area contributed by atoms with Crippen molar-refractivity contribution in [3.63, 3.8) is 0 Å². The van der Waals surface area contributed by atoms with E-state index in [0.717, 1.165) is 6.42 Å². The van der Waals surface area contributed by atoms with Crippen LogP contribution in [0.2, 0.25) is 0 Å². The van der Waals surface area contributed by atoms with E-state index >= 15 is 0 Å². The standard InChI is InChI=1S/C12H22N2O3S/c15-18(16,8-6-13-10-3-4-10)14-11-5-7-17-12(11)9-1-2-9/h9-14H,1-8H2. The second-order valence-corrected chi connectivity index (χ2v) is 7.61. The van der Waals surface area contributed by atoms with Crippen molar-refractivity contribution in [3.05, 3.63) is 0 Å². The summed E-state index contributed by atoms with van der Waals surface area (Å²) in [7, 11) is -3.16. The molecule has 3 aliphatic rings. The second kappa shape index (κ2) is 5.07. The minimum Gasteiger partial charge on any atom is -0.376 e. The lowest BCUT2D eigenvalue weighted by Gasteiger charge is -2.19. The Balaban J connectivity index is 1.46. The third kappa shape index (κ3) is 3.44. The molecule has 0 aromatic carbocycles. The van der Waals surface area contributed by atoms with Crippen LogP contribution in [-0.4, -0.2) is 45.5 Å². The van der Waals surface area contributed by atoms with Gasteiger partial charge in [0.1, 0.15) is 0 Å². The van der Waals surface area contributed by atoms with Crippen molar-refractivity contribution in [2.45, 2.75) is 50.3 Å². The van der Waals surface area contributed by atoms with E-state index in [9.17, 15) is 8.42 Å². The molecule has 0 radical (unpaired) electrons. The van der Waals surface area contributed by atoms with Crippen LogP contribution < -0.4 is 10.0 Å². The van der Waals surface area contributed by atoms with Crippen LogP contribution in [0.15, 0.2) is 0 Å². The fraction of sp³-hybridized carbons (Fsp3) is 1.00. The molecule has 2 N–H and O–H groups in total. The summed E-state index contributed by atoms with van der Waals surface area (Å²) in [6.07, 6.45) is 5.69. The molecule has 0 amide bonds.